The van der Waals surface area contributed by atoms with Crippen molar-refractivity contribution in [1.82, 2.24) is 9.13 Å². The Hall–Kier alpha value is -7.10. The van der Waals surface area contributed by atoms with E-state index in [9.17, 15) is 0 Å². The number of allylic oxidation sites excluding steroid dienone is 17. The topological polar surface area (TPSA) is 13.1 Å². The summed E-state index contributed by atoms with van der Waals surface area (Å²) in [5, 5.41) is 3.98. The van der Waals surface area contributed by atoms with E-state index in [0.29, 0.717) is 5.92 Å². The minimum atomic E-state index is -0.0351. The van der Waals surface area contributed by atoms with Crippen LogP contribution in [0.1, 0.15) is 86.2 Å². The zero-order valence-electron chi connectivity index (χ0n) is 38.3. The quantitative estimate of drug-likeness (QED) is 0.162. The summed E-state index contributed by atoms with van der Waals surface area (Å²) in [6, 6.07) is 39.7. The molecule has 3 heteroatoms. The molecular weight excluding hydrogens is 799 g/mol. The van der Waals surface area contributed by atoms with Crippen LogP contribution in [0.25, 0.3) is 61.3 Å². The van der Waals surface area contributed by atoms with Crippen LogP contribution in [0.2, 0.25) is 0 Å². The maximum atomic E-state index is 2.60. The molecule has 0 bridgehead atoms. The lowest BCUT2D eigenvalue weighted by Crippen LogP contribution is -2.19. The van der Waals surface area contributed by atoms with E-state index in [0.717, 1.165) is 44.9 Å². The van der Waals surface area contributed by atoms with E-state index in [2.05, 4.69) is 223 Å². The van der Waals surface area contributed by atoms with Crippen molar-refractivity contribution >= 4 is 50.2 Å². The monoisotopic (exact) mass is 853 g/mol. The first kappa shape index (κ1) is 39.3. The lowest BCUT2D eigenvalue weighted by molar-refractivity contribution is 0.600. The van der Waals surface area contributed by atoms with Crippen LogP contribution in [0.5, 0.6) is 0 Å². The smallest absolute Gasteiger partial charge is 0.0541 e. The molecule has 0 saturated heterocycles. The number of rotatable bonds is 6. The predicted molar refractivity (Wildman–Crippen MR) is 280 cm³/mol. The van der Waals surface area contributed by atoms with Gasteiger partial charge in [-0.05, 0) is 145 Å². The van der Waals surface area contributed by atoms with E-state index < -0.39 is 0 Å². The molecule has 0 spiro atoms. The minimum Gasteiger partial charge on any atom is -0.347 e. The molecule has 3 heterocycles. The molecule has 3 nitrogen and oxygen atoms in total. The van der Waals surface area contributed by atoms with Crippen LogP contribution in [0.15, 0.2) is 199 Å². The third kappa shape index (κ3) is 6.09. The van der Waals surface area contributed by atoms with Crippen molar-refractivity contribution in [2.24, 2.45) is 0 Å². The Morgan fingerprint density at radius 1 is 0.576 bits per heavy atom. The van der Waals surface area contributed by atoms with Gasteiger partial charge in [0.25, 0.3) is 0 Å². The summed E-state index contributed by atoms with van der Waals surface area (Å²) in [5.74, 6) is 0.322. The number of nitrogens with zero attached hydrogens (tertiary/aromatic N) is 3. The number of benzene rings is 5. The number of hydrogen-bond donors (Lipinski definition) is 0. The minimum absolute atomic E-state index is 0.0351. The average molecular weight is 854 g/mol. The Bertz CT molecular complexity index is 3400. The van der Waals surface area contributed by atoms with Crippen LogP contribution < -0.4 is 4.90 Å². The first-order chi connectivity index (χ1) is 32.3. The van der Waals surface area contributed by atoms with Gasteiger partial charge in [0, 0.05) is 74.0 Å². The van der Waals surface area contributed by atoms with Gasteiger partial charge >= 0.3 is 0 Å². The fraction of sp³-hybridized carbons (Fsp3) is 0.206. The van der Waals surface area contributed by atoms with Gasteiger partial charge in [0.2, 0.25) is 0 Å². The van der Waals surface area contributed by atoms with Gasteiger partial charge in [-0.25, -0.2) is 0 Å². The molecule has 0 amide bonds. The van der Waals surface area contributed by atoms with Crippen molar-refractivity contribution in [3.63, 3.8) is 0 Å². The Morgan fingerprint density at radius 3 is 1.97 bits per heavy atom. The number of aromatic nitrogens is 2. The van der Waals surface area contributed by atoms with Gasteiger partial charge in [0.1, 0.15) is 0 Å². The van der Waals surface area contributed by atoms with Crippen LogP contribution in [-0.2, 0) is 17.3 Å². The zero-order chi connectivity index (χ0) is 44.1. The lowest BCUT2D eigenvalue weighted by Gasteiger charge is -2.27. The summed E-state index contributed by atoms with van der Waals surface area (Å²) in [4.78, 5) is 2.49. The molecule has 66 heavy (non-hydrogen) atoms. The van der Waals surface area contributed by atoms with E-state index >= 15 is 0 Å². The fourth-order valence-corrected chi connectivity index (χ4v) is 12.2. The molecule has 3 unspecified atom stereocenters. The molecule has 6 aliphatic rings. The summed E-state index contributed by atoms with van der Waals surface area (Å²) in [7, 11) is 2.29. The average Bonchev–Trinajstić information content (AvgIpc) is 3.98. The third-order valence-electron chi connectivity index (χ3n) is 16.1. The second-order valence-corrected chi connectivity index (χ2v) is 20.0. The summed E-state index contributed by atoms with van der Waals surface area (Å²) < 4.78 is 5.13. The number of fused-ring (bicyclic) bond motifs is 9. The first-order valence-electron chi connectivity index (χ1n) is 24.2. The largest absolute Gasteiger partial charge is 0.347 e. The Morgan fingerprint density at radius 2 is 1.29 bits per heavy atom. The maximum Gasteiger partial charge on any atom is 0.0541 e. The van der Waals surface area contributed by atoms with Gasteiger partial charge in [-0.2, -0.15) is 0 Å². The molecule has 5 aliphatic carbocycles. The highest BCUT2D eigenvalue weighted by Crippen LogP contribution is 2.50. The number of hydrogen-bond acceptors (Lipinski definition) is 1. The van der Waals surface area contributed by atoms with Crippen molar-refractivity contribution in [2.45, 2.75) is 75.5 Å². The second kappa shape index (κ2) is 15.0. The highest BCUT2D eigenvalue weighted by Gasteiger charge is 2.35. The molecule has 0 N–H and O–H groups in total. The van der Waals surface area contributed by atoms with E-state index in [4.69, 9.17) is 0 Å². The fourth-order valence-electron chi connectivity index (χ4n) is 12.2. The van der Waals surface area contributed by atoms with Gasteiger partial charge in [-0.15, -0.1) is 0 Å². The Labute approximate surface area is 388 Å². The van der Waals surface area contributed by atoms with E-state index in [-0.39, 0.29) is 10.8 Å². The van der Waals surface area contributed by atoms with Gasteiger partial charge in [-0.3, -0.25) is 0 Å². The predicted octanol–water partition coefficient (Wildman–Crippen LogP) is 15.9. The molecule has 1 aliphatic heterocycles. The van der Waals surface area contributed by atoms with Crippen LogP contribution in [0.3, 0.4) is 0 Å². The molecule has 0 fully saturated rings. The van der Waals surface area contributed by atoms with Gasteiger partial charge in [-0.1, -0.05) is 141 Å². The molecule has 13 rings (SSSR count). The van der Waals surface area contributed by atoms with Crippen LogP contribution in [-0.4, -0.2) is 16.2 Å². The van der Waals surface area contributed by atoms with Crippen LogP contribution >= 0.6 is 0 Å². The SMILES string of the molecule is CN1C2=CC(n3c4c(c5cc(-c6ccccc6)ccc53)C=C(C3=CC=CCC3)CC4)=CCC2c2ccc(-n3c4ccc(C5(C)C=CC=CC5)cc4c4cc(C5(C)C=CC=CC5)ccc43)cc21. The van der Waals surface area contributed by atoms with Crippen molar-refractivity contribution in [3.8, 4) is 16.8 Å². The van der Waals surface area contributed by atoms with Gasteiger partial charge in [0.15, 0.2) is 0 Å². The molecule has 2 aromatic heterocycles. The zero-order valence-corrected chi connectivity index (χ0v) is 38.3. The summed E-state index contributed by atoms with van der Waals surface area (Å²) in [5.41, 5.74) is 21.4. The van der Waals surface area contributed by atoms with Crippen molar-refractivity contribution in [1.29, 1.82) is 0 Å². The second-order valence-electron chi connectivity index (χ2n) is 20.0. The molecule has 7 aromatic rings. The van der Waals surface area contributed by atoms with Crippen molar-refractivity contribution < 1.29 is 0 Å². The van der Waals surface area contributed by atoms with Crippen molar-refractivity contribution in [3.05, 3.63) is 227 Å². The number of anilines is 1. The summed E-state index contributed by atoms with van der Waals surface area (Å²) in [6.45, 7) is 4.75. The molecular formula is C63H55N3. The Kier molecular flexibility index (Phi) is 8.91. The number of likely N-dealkylation sites (N-methyl/N-ethyl adjacent to an activating group) is 1. The molecule has 0 saturated carbocycles. The van der Waals surface area contributed by atoms with Crippen LogP contribution in [0, 0.1) is 0 Å². The highest BCUT2D eigenvalue weighted by atomic mass is 15.2. The summed E-state index contributed by atoms with van der Waals surface area (Å²) in [6.07, 6.45) is 39.9. The van der Waals surface area contributed by atoms with Crippen molar-refractivity contribution in [2.75, 3.05) is 11.9 Å². The third-order valence-corrected chi connectivity index (χ3v) is 16.1. The highest BCUT2D eigenvalue weighted by molar-refractivity contribution is 6.10. The normalized spacial score (nSPS) is 23.0. The molecule has 0 radical (unpaired) electrons. The Balaban J connectivity index is 0.909. The molecule has 3 atom stereocenters. The van der Waals surface area contributed by atoms with E-state index in [1.54, 1.807) is 0 Å². The first-order valence-corrected chi connectivity index (χ1v) is 24.2. The van der Waals surface area contributed by atoms with E-state index in [1.165, 1.54) is 106 Å². The molecule has 5 aromatic carbocycles. The maximum absolute atomic E-state index is 2.60. The molecule has 322 valence electrons. The van der Waals surface area contributed by atoms with Crippen LogP contribution in [0.4, 0.5) is 5.69 Å². The van der Waals surface area contributed by atoms with Gasteiger partial charge < -0.3 is 14.0 Å². The standard InChI is InChI=1S/C63H55N3/c1-62(32-12-6-13-33-62)46-22-30-58-54(38-46)55-39-47(63(2)34-14-7-15-35-63)23-31-59(55)66(58)49-25-27-51-50-26-24-48(40-60(50)64(3)61(51)41-49)65-56-28-20-44(42-16-8-4-9-17-42)36-52(56)53-37-45(21-29-57(53)65)43-18-10-5-11-19-43/h4-10,12-18,20,22-25,27-28,30-32,34,36-41,50H,11,19,21,26,29,33,35H2,1-3H3. The summed E-state index contributed by atoms with van der Waals surface area (Å²) >= 11 is 0. The van der Waals surface area contributed by atoms with E-state index in [1.807, 2.05) is 0 Å². The lowest BCUT2D eigenvalue weighted by atomic mass is 9.76. The van der Waals surface area contributed by atoms with Gasteiger partial charge in [0.05, 0.1) is 16.6 Å².